The quantitative estimate of drug-likeness (QED) is 0.520. The van der Waals surface area contributed by atoms with Crippen LogP contribution in [0.4, 0.5) is 0 Å². The zero-order valence-corrected chi connectivity index (χ0v) is 19.5. The van der Waals surface area contributed by atoms with E-state index in [1.807, 2.05) is 30.3 Å². The van der Waals surface area contributed by atoms with Crippen molar-refractivity contribution in [1.82, 2.24) is 0 Å². The van der Waals surface area contributed by atoms with Gasteiger partial charge in [-0.05, 0) is 60.4 Å². The topological polar surface area (TPSA) is 68.3 Å². The van der Waals surface area contributed by atoms with Crippen LogP contribution in [0, 0.1) is 0 Å². The molecule has 0 bridgehead atoms. The van der Waals surface area contributed by atoms with E-state index >= 15 is 0 Å². The summed E-state index contributed by atoms with van der Waals surface area (Å²) in [7, 11) is -7.44. The second-order valence-electron chi connectivity index (χ2n) is 9.36. The molecule has 0 spiro atoms. The average Bonchev–Trinajstić information content (AvgIpc) is 3.18. The summed E-state index contributed by atoms with van der Waals surface area (Å²) >= 11 is 0. The van der Waals surface area contributed by atoms with Crippen LogP contribution < -0.4 is 0 Å². The van der Waals surface area contributed by atoms with Crippen molar-refractivity contribution < 1.29 is 16.8 Å². The summed E-state index contributed by atoms with van der Waals surface area (Å²) in [6, 6.07) is 11.4. The highest BCUT2D eigenvalue weighted by molar-refractivity contribution is 7.95. The second kappa shape index (κ2) is 8.04. The van der Waals surface area contributed by atoms with Gasteiger partial charge in [-0.25, -0.2) is 16.8 Å². The molecule has 0 aromatic heterocycles. The molecule has 2 aromatic rings. The molecule has 166 valence electrons. The maximum absolute atomic E-state index is 14.0. The molecule has 0 atom stereocenters. The van der Waals surface area contributed by atoms with Crippen LogP contribution in [-0.4, -0.2) is 27.3 Å². The number of benzene rings is 2. The molecule has 31 heavy (non-hydrogen) atoms. The molecular formula is C25H30O4S2. The van der Waals surface area contributed by atoms with Gasteiger partial charge in [0.05, 0.1) is 20.3 Å². The lowest BCUT2D eigenvalue weighted by molar-refractivity contribution is 0.477. The minimum atomic E-state index is -3.74. The van der Waals surface area contributed by atoms with Gasteiger partial charge in [0.1, 0.15) is 0 Å². The normalized spacial score (nSPS) is 20.4. The average molecular weight is 459 g/mol. The van der Waals surface area contributed by atoms with E-state index in [0.717, 1.165) is 55.2 Å². The molecule has 0 saturated heterocycles. The summed E-state index contributed by atoms with van der Waals surface area (Å²) in [4.78, 5) is 0.190. The van der Waals surface area contributed by atoms with Crippen LogP contribution in [0.1, 0.15) is 75.3 Å². The molecule has 3 aliphatic rings. The van der Waals surface area contributed by atoms with Crippen LogP contribution in [0.25, 0.3) is 11.1 Å². The van der Waals surface area contributed by atoms with E-state index in [4.69, 9.17) is 0 Å². The third-order valence-corrected chi connectivity index (χ3v) is 12.3. The fourth-order valence-corrected chi connectivity index (χ4v) is 10.6. The van der Waals surface area contributed by atoms with Gasteiger partial charge in [-0.1, -0.05) is 68.9 Å². The molecule has 2 aromatic carbocycles. The number of rotatable bonds is 4. The van der Waals surface area contributed by atoms with Crippen LogP contribution >= 0.6 is 0 Å². The van der Waals surface area contributed by atoms with Gasteiger partial charge < -0.3 is 0 Å². The Kier molecular flexibility index (Phi) is 5.50. The standard InChI is InChI=1S/C25H30O4S2/c26-30(27,19-10-3-1-4-11-19)24-16-15-22-21-14-8-7-9-18(21)17-23(22)25(24)31(28,29)20-12-5-2-6-13-20/h7-9,14-16,19-20H,1-6,10-13,17H2. The van der Waals surface area contributed by atoms with Crippen molar-refractivity contribution in [2.75, 3.05) is 0 Å². The Labute approximate surface area is 185 Å². The summed E-state index contributed by atoms with van der Waals surface area (Å²) in [5.74, 6) is 0. The summed E-state index contributed by atoms with van der Waals surface area (Å²) in [6.45, 7) is 0. The highest BCUT2D eigenvalue weighted by Crippen LogP contribution is 2.45. The van der Waals surface area contributed by atoms with Gasteiger partial charge in [-0.15, -0.1) is 0 Å². The second-order valence-corrected chi connectivity index (χ2v) is 13.7. The van der Waals surface area contributed by atoms with Crippen molar-refractivity contribution in [3.63, 3.8) is 0 Å². The predicted molar refractivity (Wildman–Crippen MR) is 123 cm³/mol. The summed E-state index contributed by atoms with van der Waals surface area (Å²) in [5.41, 5.74) is 3.68. The van der Waals surface area contributed by atoms with Crippen molar-refractivity contribution in [1.29, 1.82) is 0 Å². The van der Waals surface area contributed by atoms with E-state index in [1.54, 1.807) is 6.07 Å². The minimum Gasteiger partial charge on any atom is -0.223 e. The summed E-state index contributed by atoms with van der Waals surface area (Å²) in [6.07, 6.45) is 8.68. The molecule has 0 N–H and O–H groups in total. The Balaban J connectivity index is 1.72. The Bertz CT molecular complexity index is 1200. The lowest BCUT2D eigenvalue weighted by Crippen LogP contribution is -2.30. The maximum Gasteiger partial charge on any atom is 0.182 e. The molecule has 2 saturated carbocycles. The van der Waals surface area contributed by atoms with Crippen molar-refractivity contribution in [2.24, 2.45) is 0 Å². The van der Waals surface area contributed by atoms with Gasteiger partial charge in [0, 0.05) is 0 Å². The molecule has 5 rings (SSSR count). The molecular weight excluding hydrogens is 428 g/mol. The van der Waals surface area contributed by atoms with Gasteiger partial charge in [0.15, 0.2) is 19.7 Å². The van der Waals surface area contributed by atoms with Gasteiger partial charge in [-0.3, -0.25) is 0 Å². The van der Waals surface area contributed by atoms with Crippen molar-refractivity contribution in [3.05, 3.63) is 47.5 Å². The maximum atomic E-state index is 14.0. The van der Waals surface area contributed by atoms with E-state index in [-0.39, 0.29) is 9.79 Å². The van der Waals surface area contributed by atoms with E-state index < -0.39 is 30.2 Å². The fraction of sp³-hybridized carbons (Fsp3) is 0.520. The van der Waals surface area contributed by atoms with Gasteiger partial charge >= 0.3 is 0 Å². The molecule has 4 nitrogen and oxygen atoms in total. The van der Waals surface area contributed by atoms with Crippen LogP contribution in [0.15, 0.2) is 46.2 Å². The zero-order chi connectivity index (χ0) is 21.6. The first-order valence-corrected chi connectivity index (χ1v) is 14.7. The van der Waals surface area contributed by atoms with Gasteiger partial charge in [0.25, 0.3) is 0 Å². The SMILES string of the molecule is O=S(=O)(c1ccc2c(c1S(=O)(=O)C1CCCCC1)Cc1ccccc1-2)C1CCCCC1. The zero-order valence-electron chi connectivity index (χ0n) is 17.8. The Morgan fingerprint density at radius 3 is 1.84 bits per heavy atom. The van der Waals surface area contributed by atoms with Gasteiger partial charge in [-0.2, -0.15) is 0 Å². The minimum absolute atomic E-state index is 0.0662. The van der Waals surface area contributed by atoms with Crippen molar-refractivity contribution in [2.45, 2.75) is 90.9 Å². The highest BCUT2D eigenvalue weighted by atomic mass is 32.2. The summed E-state index contributed by atoms with van der Waals surface area (Å²) < 4.78 is 55.5. The molecule has 3 aliphatic carbocycles. The number of hydrogen-bond acceptors (Lipinski definition) is 4. The van der Waals surface area contributed by atoms with Crippen molar-refractivity contribution in [3.8, 4) is 11.1 Å². The van der Waals surface area contributed by atoms with Crippen LogP contribution in [0.2, 0.25) is 0 Å². The molecule has 6 heteroatoms. The van der Waals surface area contributed by atoms with E-state index in [0.29, 0.717) is 37.7 Å². The molecule has 0 heterocycles. The molecule has 0 radical (unpaired) electrons. The third kappa shape index (κ3) is 3.56. The number of sulfone groups is 2. The summed E-state index contributed by atoms with van der Waals surface area (Å²) in [5, 5.41) is -0.944. The van der Waals surface area contributed by atoms with Crippen molar-refractivity contribution >= 4 is 19.7 Å². The number of hydrogen-bond donors (Lipinski definition) is 0. The largest absolute Gasteiger partial charge is 0.223 e. The molecule has 0 aliphatic heterocycles. The monoisotopic (exact) mass is 458 g/mol. The van der Waals surface area contributed by atoms with E-state index in [9.17, 15) is 16.8 Å². The lowest BCUT2D eigenvalue weighted by atomic mass is 10.0. The molecule has 2 fully saturated rings. The molecule has 0 amide bonds. The predicted octanol–water partition coefficient (Wildman–Crippen LogP) is 5.47. The fourth-order valence-electron chi connectivity index (χ4n) is 5.79. The smallest absolute Gasteiger partial charge is 0.182 e. The Morgan fingerprint density at radius 1 is 0.613 bits per heavy atom. The molecule has 0 unspecified atom stereocenters. The van der Waals surface area contributed by atoms with Crippen LogP contribution in [0.3, 0.4) is 0 Å². The van der Waals surface area contributed by atoms with Crippen LogP contribution in [-0.2, 0) is 26.1 Å². The van der Waals surface area contributed by atoms with E-state index in [1.165, 1.54) is 0 Å². The first kappa shape index (κ1) is 21.2. The first-order chi connectivity index (χ1) is 14.9. The number of fused-ring (bicyclic) bond motifs is 3. The lowest BCUT2D eigenvalue weighted by Gasteiger charge is -2.27. The highest BCUT2D eigenvalue weighted by Gasteiger charge is 2.40. The van der Waals surface area contributed by atoms with Crippen LogP contribution in [0.5, 0.6) is 0 Å². The van der Waals surface area contributed by atoms with E-state index in [2.05, 4.69) is 0 Å². The Hall–Kier alpha value is -1.66. The van der Waals surface area contributed by atoms with Gasteiger partial charge in [0.2, 0.25) is 0 Å². The third-order valence-electron chi connectivity index (χ3n) is 7.47. The Morgan fingerprint density at radius 2 is 1.19 bits per heavy atom. The first-order valence-electron chi connectivity index (χ1n) is 11.6.